The predicted octanol–water partition coefficient (Wildman–Crippen LogP) is -1.17. The summed E-state index contributed by atoms with van der Waals surface area (Å²) in [6.45, 7) is -0.341. The molecule has 11 heteroatoms. The Bertz CT molecular complexity index is 466. The number of carbonyl (C=O) groups is 3. The standard InChI is InChI=1S/C14H22O11/c1-7-12(23-5-10(17)18)14(24-6-11(19)20)13(21-2)8(25-7)3-22-4-9(15)16/h7-8,12-14H,3-6H2,1-2H3,(H,15,16)(H,17,18)(H,19,20)/t7?,8-,12+,13-,14-/m1/s1. The van der Waals surface area contributed by atoms with E-state index < -0.39 is 68.2 Å². The van der Waals surface area contributed by atoms with Crippen molar-refractivity contribution in [2.24, 2.45) is 0 Å². The van der Waals surface area contributed by atoms with Crippen LogP contribution in [0.25, 0.3) is 0 Å². The van der Waals surface area contributed by atoms with E-state index in [1.54, 1.807) is 6.92 Å². The summed E-state index contributed by atoms with van der Waals surface area (Å²) < 4.78 is 26.6. The lowest BCUT2D eigenvalue weighted by Gasteiger charge is -2.44. The van der Waals surface area contributed by atoms with Crippen molar-refractivity contribution < 1.29 is 53.4 Å². The third-order valence-electron chi connectivity index (χ3n) is 3.44. The van der Waals surface area contributed by atoms with Crippen LogP contribution in [0.5, 0.6) is 0 Å². The fourth-order valence-electron chi connectivity index (χ4n) is 2.53. The quantitative estimate of drug-likeness (QED) is 0.404. The molecule has 1 saturated heterocycles. The van der Waals surface area contributed by atoms with Crippen LogP contribution in [0.4, 0.5) is 0 Å². The summed E-state index contributed by atoms with van der Waals surface area (Å²) in [4.78, 5) is 32.1. The van der Waals surface area contributed by atoms with Crippen LogP contribution < -0.4 is 0 Å². The van der Waals surface area contributed by atoms with Gasteiger partial charge < -0.3 is 39.0 Å². The Morgan fingerprint density at radius 3 is 1.88 bits per heavy atom. The van der Waals surface area contributed by atoms with Crippen LogP contribution in [0.15, 0.2) is 0 Å². The first-order chi connectivity index (χ1) is 11.8. The topological polar surface area (TPSA) is 158 Å². The Labute approximate surface area is 143 Å². The molecule has 11 nitrogen and oxygen atoms in total. The molecule has 0 aromatic carbocycles. The first-order valence-electron chi connectivity index (χ1n) is 7.40. The van der Waals surface area contributed by atoms with E-state index in [-0.39, 0.29) is 6.61 Å². The van der Waals surface area contributed by atoms with E-state index in [0.717, 1.165) is 0 Å². The van der Waals surface area contributed by atoms with E-state index >= 15 is 0 Å². The average Bonchev–Trinajstić information content (AvgIpc) is 2.51. The van der Waals surface area contributed by atoms with Gasteiger partial charge >= 0.3 is 17.9 Å². The molecule has 1 fully saturated rings. The maximum absolute atomic E-state index is 10.8. The number of ether oxygens (including phenoxy) is 5. The number of carboxylic acid groups (broad SMARTS) is 3. The van der Waals surface area contributed by atoms with Gasteiger partial charge in [-0.05, 0) is 6.92 Å². The summed E-state index contributed by atoms with van der Waals surface area (Å²) in [5, 5.41) is 26.2. The van der Waals surface area contributed by atoms with Crippen LogP contribution in [0.1, 0.15) is 6.92 Å². The van der Waals surface area contributed by atoms with Gasteiger partial charge in [-0.1, -0.05) is 0 Å². The van der Waals surface area contributed by atoms with Crippen LogP contribution in [0.2, 0.25) is 0 Å². The fraction of sp³-hybridized carbons (Fsp3) is 0.786. The summed E-state index contributed by atoms with van der Waals surface area (Å²) in [5.74, 6) is -3.58. The van der Waals surface area contributed by atoms with Gasteiger partial charge in [-0.3, -0.25) is 0 Å². The van der Waals surface area contributed by atoms with Gasteiger partial charge in [0.25, 0.3) is 0 Å². The van der Waals surface area contributed by atoms with Gasteiger partial charge in [0.2, 0.25) is 0 Å². The summed E-state index contributed by atoms with van der Waals surface area (Å²) in [5.41, 5.74) is 0. The third-order valence-corrected chi connectivity index (χ3v) is 3.44. The molecule has 0 amide bonds. The van der Waals surface area contributed by atoms with Gasteiger partial charge in [0.15, 0.2) is 0 Å². The molecule has 0 saturated carbocycles. The summed E-state index contributed by atoms with van der Waals surface area (Å²) in [6, 6.07) is 0. The normalized spacial score (nSPS) is 29.3. The molecule has 1 unspecified atom stereocenters. The van der Waals surface area contributed by atoms with Crippen molar-refractivity contribution in [2.45, 2.75) is 37.4 Å². The Morgan fingerprint density at radius 1 is 0.880 bits per heavy atom. The Hall–Kier alpha value is -1.79. The second-order valence-corrected chi connectivity index (χ2v) is 5.33. The second kappa shape index (κ2) is 10.3. The third kappa shape index (κ3) is 6.92. The highest BCUT2D eigenvalue weighted by molar-refractivity contribution is 5.68. The van der Waals surface area contributed by atoms with Gasteiger partial charge in [0.05, 0.1) is 12.7 Å². The molecule has 25 heavy (non-hydrogen) atoms. The predicted molar refractivity (Wildman–Crippen MR) is 78.3 cm³/mol. The van der Waals surface area contributed by atoms with Crippen molar-refractivity contribution in [1.29, 1.82) is 0 Å². The molecule has 0 radical (unpaired) electrons. The molecule has 3 N–H and O–H groups in total. The zero-order chi connectivity index (χ0) is 19.0. The largest absolute Gasteiger partial charge is 0.480 e. The van der Waals surface area contributed by atoms with E-state index in [1.165, 1.54) is 7.11 Å². The highest BCUT2D eigenvalue weighted by Gasteiger charge is 2.46. The van der Waals surface area contributed by atoms with Crippen molar-refractivity contribution in [3.8, 4) is 0 Å². The monoisotopic (exact) mass is 366 g/mol. The average molecular weight is 366 g/mol. The van der Waals surface area contributed by atoms with Crippen LogP contribution in [0.3, 0.4) is 0 Å². The first-order valence-corrected chi connectivity index (χ1v) is 7.40. The van der Waals surface area contributed by atoms with E-state index in [1.807, 2.05) is 0 Å². The van der Waals surface area contributed by atoms with Gasteiger partial charge in [-0.15, -0.1) is 0 Å². The number of aliphatic carboxylic acids is 3. The lowest BCUT2D eigenvalue weighted by molar-refractivity contribution is -0.256. The van der Waals surface area contributed by atoms with Crippen molar-refractivity contribution in [2.75, 3.05) is 33.5 Å². The molecule has 1 aliphatic rings. The van der Waals surface area contributed by atoms with Crippen LogP contribution in [-0.2, 0) is 38.1 Å². The van der Waals surface area contributed by atoms with E-state index in [9.17, 15) is 14.4 Å². The molecule has 0 bridgehead atoms. The minimum absolute atomic E-state index is 0.131. The van der Waals surface area contributed by atoms with Crippen molar-refractivity contribution >= 4 is 17.9 Å². The van der Waals surface area contributed by atoms with Crippen molar-refractivity contribution in [3.63, 3.8) is 0 Å². The Morgan fingerprint density at radius 2 is 1.40 bits per heavy atom. The first kappa shape index (κ1) is 21.3. The molecule has 0 aromatic heterocycles. The van der Waals surface area contributed by atoms with Crippen LogP contribution in [-0.4, -0.2) is 97.3 Å². The summed E-state index contributed by atoms with van der Waals surface area (Å²) in [7, 11) is 1.33. The summed E-state index contributed by atoms with van der Waals surface area (Å²) in [6.07, 6.45) is -4.09. The molecule has 0 aromatic rings. The highest BCUT2D eigenvalue weighted by atomic mass is 16.6. The molecular weight excluding hydrogens is 344 g/mol. The number of rotatable bonds is 11. The second-order valence-electron chi connectivity index (χ2n) is 5.33. The van der Waals surface area contributed by atoms with E-state index in [0.29, 0.717) is 0 Å². The van der Waals surface area contributed by atoms with Crippen molar-refractivity contribution in [3.05, 3.63) is 0 Å². The lowest BCUT2D eigenvalue weighted by atomic mass is 9.95. The number of carboxylic acids is 3. The smallest absolute Gasteiger partial charge is 0.329 e. The minimum Gasteiger partial charge on any atom is -0.480 e. The number of methoxy groups -OCH3 is 1. The van der Waals surface area contributed by atoms with Gasteiger partial charge in [0, 0.05) is 7.11 Å². The lowest BCUT2D eigenvalue weighted by Crippen LogP contribution is -2.60. The fourth-order valence-corrected chi connectivity index (χ4v) is 2.53. The Balaban J connectivity index is 2.87. The van der Waals surface area contributed by atoms with E-state index in [2.05, 4.69) is 0 Å². The summed E-state index contributed by atoms with van der Waals surface area (Å²) >= 11 is 0. The maximum atomic E-state index is 10.8. The SMILES string of the molecule is CO[C@H]1[C@H](OCC(=O)O)[C@@H](OCC(=O)O)C(C)O[C@@H]1COCC(=O)O. The van der Waals surface area contributed by atoms with E-state index in [4.69, 9.17) is 39.0 Å². The number of hydrogen-bond acceptors (Lipinski definition) is 8. The molecule has 144 valence electrons. The molecule has 1 rings (SSSR count). The van der Waals surface area contributed by atoms with Crippen LogP contribution >= 0.6 is 0 Å². The maximum Gasteiger partial charge on any atom is 0.329 e. The zero-order valence-electron chi connectivity index (χ0n) is 13.8. The molecule has 5 atom stereocenters. The number of hydrogen-bond donors (Lipinski definition) is 3. The Kier molecular flexibility index (Phi) is 8.72. The molecule has 1 heterocycles. The molecular formula is C14H22O11. The zero-order valence-corrected chi connectivity index (χ0v) is 13.8. The molecule has 1 aliphatic heterocycles. The molecule has 0 aliphatic carbocycles. The van der Waals surface area contributed by atoms with Gasteiger partial charge in [-0.2, -0.15) is 0 Å². The molecule has 0 spiro atoms. The highest BCUT2D eigenvalue weighted by Crippen LogP contribution is 2.28. The van der Waals surface area contributed by atoms with Gasteiger partial charge in [0.1, 0.15) is 44.2 Å². The minimum atomic E-state index is -1.22. The van der Waals surface area contributed by atoms with Crippen molar-refractivity contribution in [1.82, 2.24) is 0 Å². The van der Waals surface area contributed by atoms with Crippen LogP contribution in [0, 0.1) is 0 Å². The van der Waals surface area contributed by atoms with Gasteiger partial charge in [-0.25, -0.2) is 14.4 Å².